The number of esters is 1. The Morgan fingerprint density at radius 3 is 2.29 bits per heavy atom. The Balaban J connectivity index is 2.01. The standard InChI is InChI=1S/C25H31N3O6/c1-24(2,3)16-25(4,5)19-11-12-21(20(13-19)28(31)32)34-15-22(29)27-26-14-17-7-9-18(10-8-17)23(30)33-6/h7-14H,15-16H2,1-6H3,(H,27,29)/b26-14-. The van der Waals surface area contributed by atoms with Gasteiger partial charge in [0.25, 0.3) is 5.91 Å². The van der Waals surface area contributed by atoms with E-state index in [9.17, 15) is 19.7 Å². The summed E-state index contributed by atoms with van der Waals surface area (Å²) in [6.07, 6.45) is 2.23. The molecule has 9 nitrogen and oxygen atoms in total. The number of rotatable bonds is 9. The molecule has 34 heavy (non-hydrogen) atoms. The van der Waals surface area contributed by atoms with E-state index < -0.39 is 23.4 Å². The molecule has 1 amide bonds. The maximum atomic E-state index is 12.1. The fourth-order valence-electron chi connectivity index (χ4n) is 3.81. The first-order valence-corrected chi connectivity index (χ1v) is 10.7. The van der Waals surface area contributed by atoms with E-state index in [0.29, 0.717) is 11.1 Å². The molecule has 2 rings (SSSR count). The lowest BCUT2D eigenvalue weighted by atomic mass is 9.72. The summed E-state index contributed by atoms with van der Waals surface area (Å²) in [4.78, 5) is 34.6. The average Bonchev–Trinajstić information content (AvgIpc) is 2.75. The highest BCUT2D eigenvalue weighted by Gasteiger charge is 2.29. The maximum Gasteiger partial charge on any atom is 0.337 e. The minimum atomic E-state index is -0.575. The van der Waals surface area contributed by atoms with E-state index in [1.165, 1.54) is 25.5 Å². The van der Waals surface area contributed by atoms with Crippen molar-refractivity contribution in [3.05, 3.63) is 69.3 Å². The van der Waals surface area contributed by atoms with Crippen LogP contribution in [0.15, 0.2) is 47.6 Å². The van der Waals surface area contributed by atoms with E-state index in [2.05, 4.69) is 36.0 Å². The molecule has 0 bridgehead atoms. The molecule has 0 aliphatic carbocycles. The number of carbonyl (C=O) groups excluding carboxylic acids is 2. The lowest BCUT2D eigenvalue weighted by Gasteiger charge is -2.33. The third kappa shape index (κ3) is 7.68. The van der Waals surface area contributed by atoms with E-state index in [0.717, 1.165) is 12.0 Å². The number of amides is 1. The van der Waals surface area contributed by atoms with Crippen LogP contribution in [0.1, 0.15) is 62.5 Å². The van der Waals surface area contributed by atoms with Crippen molar-refractivity contribution in [1.29, 1.82) is 0 Å². The van der Waals surface area contributed by atoms with Gasteiger partial charge in [-0.05, 0) is 46.6 Å². The topological polar surface area (TPSA) is 120 Å². The fraction of sp³-hybridized carbons (Fsp3) is 0.400. The van der Waals surface area contributed by atoms with Crippen molar-refractivity contribution in [2.75, 3.05) is 13.7 Å². The zero-order valence-corrected chi connectivity index (χ0v) is 20.4. The zero-order chi connectivity index (χ0) is 25.5. The summed E-state index contributed by atoms with van der Waals surface area (Å²) in [6, 6.07) is 11.3. The predicted molar refractivity (Wildman–Crippen MR) is 129 cm³/mol. The van der Waals surface area contributed by atoms with Gasteiger partial charge in [0.05, 0.1) is 23.8 Å². The van der Waals surface area contributed by atoms with Gasteiger partial charge in [0.2, 0.25) is 0 Å². The largest absolute Gasteiger partial charge is 0.477 e. The van der Waals surface area contributed by atoms with Crippen molar-refractivity contribution in [2.45, 2.75) is 46.5 Å². The van der Waals surface area contributed by atoms with Gasteiger partial charge in [0.1, 0.15) is 0 Å². The third-order valence-electron chi connectivity index (χ3n) is 5.00. The van der Waals surface area contributed by atoms with Crippen molar-refractivity contribution >= 4 is 23.8 Å². The second-order valence-corrected chi connectivity index (χ2v) is 9.76. The van der Waals surface area contributed by atoms with E-state index in [4.69, 9.17) is 4.74 Å². The number of hydrogen-bond acceptors (Lipinski definition) is 7. The number of nitrogens with one attached hydrogen (secondary N) is 1. The number of methoxy groups -OCH3 is 1. The highest BCUT2D eigenvalue weighted by Crippen LogP contribution is 2.39. The first-order valence-electron chi connectivity index (χ1n) is 10.7. The summed E-state index contributed by atoms with van der Waals surface area (Å²) in [5.41, 5.74) is 3.76. The summed E-state index contributed by atoms with van der Waals surface area (Å²) in [6.45, 7) is 10.0. The molecule has 0 aromatic heterocycles. The molecule has 0 aliphatic heterocycles. The van der Waals surface area contributed by atoms with Crippen molar-refractivity contribution in [3.8, 4) is 5.75 Å². The number of nitrogens with zero attached hydrogens (tertiary/aromatic N) is 2. The molecule has 0 unspecified atom stereocenters. The molecule has 0 aliphatic rings. The highest BCUT2D eigenvalue weighted by atomic mass is 16.6. The van der Waals surface area contributed by atoms with Crippen LogP contribution in [-0.2, 0) is 14.9 Å². The number of nitro benzene ring substituents is 1. The summed E-state index contributed by atoms with van der Waals surface area (Å²) in [5.74, 6) is -1.01. The number of nitro groups is 1. The van der Waals surface area contributed by atoms with Crippen LogP contribution in [0.4, 0.5) is 5.69 Å². The number of benzene rings is 2. The van der Waals surface area contributed by atoms with Gasteiger partial charge in [-0.15, -0.1) is 0 Å². The first-order chi connectivity index (χ1) is 15.8. The van der Waals surface area contributed by atoms with Gasteiger partial charge in [-0.3, -0.25) is 14.9 Å². The monoisotopic (exact) mass is 469 g/mol. The Labute approximate surface area is 199 Å². The Morgan fingerprint density at radius 2 is 1.74 bits per heavy atom. The van der Waals surface area contributed by atoms with Gasteiger partial charge in [-0.1, -0.05) is 52.8 Å². The van der Waals surface area contributed by atoms with Crippen LogP contribution in [0.3, 0.4) is 0 Å². The van der Waals surface area contributed by atoms with E-state index >= 15 is 0 Å². The Kier molecular flexibility index (Phi) is 8.51. The molecule has 0 saturated carbocycles. The SMILES string of the molecule is COC(=O)c1ccc(/C=N\NC(=O)COc2ccc(C(C)(C)CC(C)(C)C)cc2[N+](=O)[O-])cc1. The van der Waals surface area contributed by atoms with E-state index in [1.807, 2.05) is 13.8 Å². The maximum absolute atomic E-state index is 12.1. The smallest absolute Gasteiger partial charge is 0.337 e. The third-order valence-corrected chi connectivity index (χ3v) is 5.00. The van der Waals surface area contributed by atoms with Gasteiger partial charge in [-0.2, -0.15) is 5.10 Å². The van der Waals surface area contributed by atoms with Crippen LogP contribution in [0.5, 0.6) is 5.75 Å². The summed E-state index contributed by atoms with van der Waals surface area (Å²) in [5, 5.41) is 15.4. The number of hydrazone groups is 1. The summed E-state index contributed by atoms with van der Waals surface area (Å²) in [7, 11) is 1.30. The van der Waals surface area contributed by atoms with Crippen LogP contribution < -0.4 is 10.2 Å². The van der Waals surface area contributed by atoms with Crippen LogP contribution >= 0.6 is 0 Å². The molecule has 0 radical (unpaired) electrons. The molecule has 2 aromatic carbocycles. The van der Waals surface area contributed by atoms with Gasteiger partial charge in [0.15, 0.2) is 12.4 Å². The molecule has 2 aromatic rings. The predicted octanol–water partition coefficient (Wildman–Crippen LogP) is 4.62. The molecule has 9 heteroatoms. The van der Waals surface area contributed by atoms with Gasteiger partial charge in [-0.25, -0.2) is 10.2 Å². The van der Waals surface area contributed by atoms with E-state index in [-0.39, 0.29) is 22.3 Å². The van der Waals surface area contributed by atoms with Crippen LogP contribution in [-0.4, -0.2) is 36.7 Å². The summed E-state index contributed by atoms with van der Waals surface area (Å²) >= 11 is 0. The average molecular weight is 470 g/mol. The van der Waals surface area contributed by atoms with Crippen molar-refractivity contribution < 1.29 is 24.0 Å². The molecular weight excluding hydrogens is 438 g/mol. The van der Waals surface area contributed by atoms with Crippen molar-refractivity contribution in [2.24, 2.45) is 10.5 Å². The molecular formula is C25H31N3O6. The molecule has 0 spiro atoms. The lowest BCUT2D eigenvalue weighted by Crippen LogP contribution is -2.26. The Bertz CT molecular complexity index is 1070. The van der Waals surface area contributed by atoms with Crippen molar-refractivity contribution in [3.63, 3.8) is 0 Å². The number of hydrogen-bond donors (Lipinski definition) is 1. The minimum absolute atomic E-state index is 0.0119. The first kappa shape index (κ1) is 26.5. The Hall–Kier alpha value is -3.75. The number of ether oxygens (including phenoxy) is 2. The zero-order valence-electron chi connectivity index (χ0n) is 20.4. The Morgan fingerprint density at radius 1 is 1.09 bits per heavy atom. The molecule has 0 saturated heterocycles. The van der Waals surface area contributed by atoms with Crippen LogP contribution in [0.2, 0.25) is 0 Å². The van der Waals surface area contributed by atoms with Gasteiger partial charge >= 0.3 is 11.7 Å². The molecule has 0 fully saturated rings. The molecule has 0 atom stereocenters. The second kappa shape index (κ2) is 10.9. The second-order valence-electron chi connectivity index (χ2n) is 9.76. The molecule has 1 N–H and O–H groups in total. The fourth-order valence-corrected chi connectivity index (χ4v) is 3.81. The van der Waals surface area contributed by atoms with Crippen LogP contribution in [0.25, 0.3) is 0 Å². The highest BCUT2D eigenvalue weighted by molar-refractivity contribution is 5.90. The van der Waals surface area contributed by atoms with Crippen molar-refractivity contribution in [1.82, 2.24) is 5.43 Å². The summed E-state index contributed by atoms with van der Waals surface area (Å²) < 4.78 is 10.0. The molecule has 182 valence electrons. The normalized spacial score (nSPS) is 11.8. The van der Waals surface area contributed by atoms with E-state index in [1.54, 1.807) is 30.3 Å². The molecule has 0 heterocycles. The van der Waals surface area contributed by atoms with Gasteiger partial charge in [0, 0.05) is 6.07 Å². The lowest BCUT2D eigenvalue weighted by molar-refractivity contribution is -0.385. The van der Waals surface area contributed by atoms with Crippen LogP contribution in [0, 0.1) is 15.5 Å². The minimum Gasteiger partial charge on any atom is -0.477 e. The quantitative estimate of drug-likeness (QED) is 0.248. The van der Waals surface area contributed by atoms with Gasteiger partial charge < -0.3 is 9.47 Å². The number of carbonyl (C=O) groups is 2.